The van der Waals surface area contributed by atoms with Crippen molar-refractivity contribution < 1.29 is 0 Å². The monoisotopic (exact) mass is 277 g/mol. The van der Waals surface area contributed by atoms with Gasteiger partial charge in [-0.15, -0.1) is 11.8 Å². The van der Waals surface area contributed by atoms with E-state index in [0.717, 1.165) is 15.9 Å². The van der Waals surface area contributed by atoms with Crippen LogP contribution in [0.15, 0.2) is 40.5 Å². The number of thioether (sulfide) groups is 2. The second-order valence-electron chi connectivity index (χ2n) is 3.83. The van der Waals surface area contributed by atoms with E-state index in [9.17, 15) is 0 Å². The summed E-state index contributed by atoms with van der Waals surface area (Å²) < 4.78 is 0. The van der Waals surface area contributed by atoms with E-state index in [0.29, 0.717) is 5.82 Å². The van der Waals surface area contributed by atoms with E-state index in [1.165, 1.54) is 22.9 Å². The number of nitrogens with zero attached hydrogens (tertiary/aromatic N) is 2. The highest BCUT2D eigenvalue weighted by Gasteiger charge is 2.04. The molecule has 18 heavy (non-hydrogen) atoms. The third kappa shape index (κ3) is 3.40. The van der Waals surface area contributed by atoms with E-state index in [1.54, 1.807) is 11.8 Å². The smallest absolute Gasteiger partial charge is 0.190 e. The fourth-order valence-corrected chi connectivity index (χ4v) is 2.94. The maximum Gasteiger partial charge on any atom is 0.190 e. The molecular weight excluding hydrogens is 262 g/mol. The van der Waals surface area contributed by atoms with Crippen LogP contribution in [-0.4, -0.2) is 16.2 Å². The molecule has 0 bridgehead atoms. The van der Waals surface area contributed by atoms with Crippen molar-refractivity contribution in [3.05, 3.63) is 41.5 Å². The van der Waals surface area contributed by atoms with Gasteiger partial charge in [-0.05, 0) is 24.3 Å². The van der Waals surface area contributed by atoms with Crippen molar-refractivity contribution in [1.29, 1.82) is 0 Å². The molecule has 5 heteroatoms. The molecule has 2 N–H and O–H groups in total. The number of rotatable bonds is 4. The minimum absolute atomic E-state index is 0.529. The van der Waals surface area contributed by atoms with Gasteiger partial charge in [0.15, 0.2) is 5.16 Å². The highest BCUT2D eigenvalue weighted by atomic mass is 32.2. The molecule has 0 spiro atoms. The summed E-state index contributed by atoms with van der Waals surface area (Å²) in [6.45, 7) is 2.12. The van der Waals surface area contributed by atoms with Crippen LogP contribution in [0.3, 0.4) is 0 Å². The van der Waals surface area contributed by atoms with Crippen molar-refractivity contribution in [3.8, 4) is 0 Å². The third-order valence-electron chi connectivity index (χ3n) is 2.52. The summed E-state index contributed by atoms with van der Waals surface area (Å²) in [6, 6.07) is 10.2. The number of benzene rings is 1. The van der Waals surface area contributed by atoms with E-state index in [-0.39, 0.29) is 0 Å². The summed E-state index contributed by atoms with van der Waals surface area (Å²) in [6.07, 6.45) is 1.95. The predicted octanol–water partition coefficient (Wildman–Crippen LogP) is 3.38. The van der Waals surface area contributed by atoms with Crippen LogP contribution < -0.4 is 5.73 Å². The van der Waals surface area contributed by atoms with Gasteiger partial charge >= 0.3 is 0 Å². The van der Waals surface area contributed by atoms with Gasteiger partial charge in [-0.3, -0.25) is 0 Å². The predicted molar refractivity (Wildman–Crippen MR) is 79.0 cm³/mol. The van der Waals surface area contributed by atoms with Gasteiger partial charge in [0, 0.05) is 11.8 Å². The van der Waals surface area contributed by atoms with Crippen LogP contribution >= 0.6 is 23.5 Å². The maximum atomic E-state index is 5.76. The molecule has 0 fully saturated rings. The number of nitrogens with two attached hydrogens (primary N) is 1. The molecule has 0 radical (unpaired) electrons. The lowest BCUT2D eigenvalue weighted by molar-refractivity contribution is 0.901. The van der Waals surface area contributed by atoms with Crippen molar-refractivity contribution >= 4 is 29.3 Å². The number of aryl methyl sites for hydroxylation is 1. The Labute approximate surface area is 116 Å². The Morgan fingerprint density at radius 2 is 2.00 bits per heavy atom. The van der Waals surface area contributed by atoms with E-state index in [1.807, 2.05) is 12.3 Å². The summed E-state index contributed by atoms with van der Waals surface area (Å²) in [5.74, 6) is 1.43. The third-order valence-corrected chi connectivity index (χ3v) is 4.03. The Balaban J connectivity index is 2.11. The zero-order valence-corrected chi connectivity index (χ0v) is 12.0. The Morgan fingerprint density at radius 3 is 2.72 bits per heavy atom. The molecule has 0 aliphatic carbocycles. The summed E-state index contributed by atoms with van der Waals surface area (Å²) in [5.41, 5.74) is 8.38. The molecule has 0 amide bonds. The number of hydrogen-bond donors (Lipinski definition) is 1. The molecule has 0 saturated heterocycles. The summed E-state index contributed by atoms with van der Waals surface area (Å²) in [5, 5.41) is 1.65. The molecule has 0 aliphatic rings. The van der Waals surface area contributed by atoms with Crippen LogP contribution in [0.4, 0.5) is 5.82 Å². The topological polar surface area (TPSA) is 51.8 Å². The number of nitrogen functional groups attached to an aromatic ring is 1. The van der Waals surface area contributed by atoms with Gasteiger partial charge in [0.25, 0.3) is 0 Å². The molecule has 0 unspecified atom stereocenters. The normalized spacial score (nSPS) is 10.6. The number of aromatic nitrogens is 2. The van der Waals surface area contributed by atoms with Gasteiger partial charge in [0.2, 0.25) is 0 Å². The average molecular weight is 277 g/mol. The summed E-state index contributed by atoms with van der Waals surface area (Å²) >= 11 is 3.19. The van der Waals surface area contributed by atoms with Crippen LogP contribution in [0, 0.1) is 6.92 Å². The lowest BCUT2D eigenvalue weighted by atomic mass is 10.1. The summed E-state index contributed by atoms with van der Waals surface area (Å²) in [7, 11) is 0. The fourth-order valence-electron chi connectivity index (χ4n) is 1.51. The van der Waals surface area contributed by atoms with Gasteiger partial charge < -0.3 is 5.73 Å². The molecule has 94 valence electrons. The van der Waals surface area contributed by atoms with Crippen molar-refractivity contribution in [2.24, 2.45) is 0 Å². The molecular formula is C13H15N3S2. The Kier molecular flexibility index (Phi) is 4.49. The zero-order chi connectivity index (χ0) is 13.0. The molecule has 2 rings (SSSR count). The minimum atomic E-state index is 0.529. The van der Waals surface area contributed by atoms with Crippen molar-refractivity contribution in [1.82, 2.24) is 9.97 Å². The minimum Gasteiger partial charge on any atom is -0.384 e. The van der Waals surface area contributed by atoms with Crippen LogP contribution in [0.25, 0.3) is 0 Å². The van der Waals surface area contributed by atoms with E-state index in [4.69, 9.17) is 5.73 Å². The first-order valence-corrected chi connectivity index (χ1v) is 7.76. The highest BCUT2D eigenvalue weighted by molar-refractivity contribution is 7.99. The van der Waals surface area contributed by atoms with Gasteiger partial charge in [0.05, 0.1) is 0 Å². The first kappa shape index (κ1) is 13.2. The van der Waals surface area contributed by atoms with Crippen molar-refractivity contribution in [3.63, 3.8) is 0 Å². The van der Waals surface area contributed by atoms with Gasteiger partial charge in [-0.1, -0.05) is 36.0 Å². The molecule has 0 saturated carbocycles. The van der Waals surface area contributed by atoms with Gasteiger partial charge in [-0.25, -0.2) is 9.97 Å². The molecule has 2 aromatic rings. The Morgan fingerprint density at radius 1 is 1.22 bits per heavy atom. The quantitative estimate of drug-likeness (QED) is 0.527. The van der Waals surface area contributed by atoms with Gasteiger partial charge in [-0.2, -0.15) is 0 Å². The van der Waals surface area contributed by atoms with Crippen molar-refractivity contribution in [2.75, 3.05) is 12.0 Å². The number of hydrogen-bond acceptors (Lipinski definition) is 5. The molecule has 1 heterocycles. The first-order chi connectivity index (χ1) is 8.69. The zero-order valence-electron chi connectivity index (χ0n) is 10.4. The van der Waals surface area contributed by atoms with Crippen LogP contribution in [0.1, 0.15) is 11.1 Å². The first-order valence-electron chi connectivity index (χ1n) is 5.55. The lowest BCUT2D eigenvalue weighted by Gasteiger charge is -2.06. The average Bonchev–Trinajstić information content (AvgIpc) is 2.37. The Hall–Kier alpha value is -1.20. The standard InChI is InChI=1S/C13H15N3S2/c1-9-5-3-4-6-10(9)8-18-12-7-11(14)15-13(16-12)17-2/h3-7H,8H2,1-2H3,(H2,14,15,16). The van der Waals surface area contributed by atoms with E-state index in [2.05, 4.69) is 41.2 Å². The SMILES string of the molecule is CSc1nc(N)cc(SCc2ccccc2C)n1. The Bertz CT molecular complexity index is 544. The molecule has 3 nitrogen and oxygen atoms in total. The second-order valence-corrected chi connectivity index (χ2v) is 5.60. The second kappa shape index (κ2) is 6.11. The van der Waals surface area contributed by atoms with Crippen LogP contribution in [0.2, 0.25) is 0 Å². The fraction of sp³-hybridized carbons (Fsp3) is 0.231. The molecule has 0 aliphatic heterocycles. The van der Waals surface area contributed by atoms with Crippen molar-refractivity contribution in [2.45, 2.75) is 22.9 Å². The van der Waals surface area contributed by atoms with Gasteiger partial charge in [0.1, 0.15) is 10.8 Å². The summed E-state index contributed by atoms with van der Waals surface area (Å²) in [4.78, 5) is 8.57. The molecule has 1 aromatic carbocycles. The van der Waals surface area contributed by atoms with Crippen LogP contribution in [-0.2, 0) is 5.75 Å². The number of anilines is 1. The largest absolute Gasteiger partial charge is 0.384 e. The van der Waals surface area contributed by atoms with E-state index < -0.39 is 0 Å². The van der Waals surface area contributed by atoms with Crippen LogP contribution in [0.5, 0.6) is 0 Å². The molecule has 1 aromatic heterocycles. The van der Waals surface area contributed by atoms with E-state index >= 15 is 0 Å². The lowest BCUT2D eigenvalue weighted by Crippen LogP contribution is -1.96. The maximum absolute atomic E-state index is 5.76. The molecule has 0 atom stereocenters. The highest BCUT2D eigenvalue weighted by Crippen LogP contribution is 2.25.